The molecule has 1 aromatic heterocycles. The largest absolute Gasteiger partial charge is 0.448 e. The van der Waals surface area contributed by atoms with E-state index >= 15 is 0 Å². The first-order chi connectivity index (χ1) is 10.0. The Morgan fingerprint density at radius 1 is 1.33 bits per heavy atom. The van der Waals surface area contributed by atoms with Crippen molar-refractivity contribution in [1.29, 1.82) is 0 Å². The molecule has 2 saturated heterocycles. The Morgan fingerprint density at radius 3 is 2.81 bits per heavy atom. The monoisotopic (exact) mass is 292 g/mol. The molecule has 0 spiro atoms. The van der Waals surface area contributed by atoms with Crippen LogP contribution in [0.5, 0.6) is 0 Å². The van der Waals surface area contributed by atoms with E-state index in [1.54, 1.807) is 6.26 Å². The minimum atomic E-state index is 0.00831. The predicted molar refractivity (Wildman–Crippen MR) is 78.9 cm³/mol. The lowest BCUT2D eigenvalue weighted by molar-refractivity contribution is -0.143. The van der Waals surface area contributed by atoms with Crippen LogP contribution < -0.4 is 0 Å². The van der Waals surface area contributed by atoms with Gasteiger partial charge in [0.15, 0.2) is 5.89 Å². The summed E-state index contributed by atoms with van der Waals surface area (Å²) in [5, 5.41) is 0. The minimum Gasteiger partial charge on any atom is -0.448 e. The van der Waals surface area contributed by atoms with E-state index in [2.05, 4.69) is 28.6 Å². The van der Waals surface area contributed by atoms with E-state index in [0.717, 1.165) is 50.9 Å². The van der Waals surface area contributed by atoms with Crippen LogP contribution in [-0.2, 0) is 11.3 Å². The highest BCUT2D eigenvalue weighted by Crippen LogP contribution is 2.19. The van der Waals surface area contributed by atoms with Gasteiger partial charge in [-0.1, -0.05) is 13.8 Å². The molecule has 1 aromatic rings. The third-order valence-corrected chi connectivity index (χ3v) is 4.41. The third-order valence-electron chi connectivity index (χ3n) is 4.41. The van der Waals surface area contributed by atoms with Crippen LogP contribution in [0.3, 0.4) is 0 Å². The standard InChI is InChI=1S/C15H24N4O2/c1-11(2)14-16-12(10-21-14)8-18-5-7-19-6-4-17(3)15(20)13(19)9-18/h10-11,13H,4-9H2,1-3H3. The maximum Gasteiger partial charge on any atom is 0.241 e. The number of amides is 1. The zero-order valence-corrected chi connectivity index (χ0v) is 13.1. The molecular formula is C15H24N4O2. The maximum atomic E-state index is 12.3. The lowest BCUT2D eigenvalue weighted by Crippen LogP contribution is -2.63. The molecule has 3 heterocycles. The van der Waals surface area contributed by atoms with Crippen molar-refractivity contribution in [2.45, 2.75) is 32.4 Å². The summed E-state index contributed by atoms with van der Waals surface area (Å²) < 4.78 is 5.49. The van der Waals surface area contributed by atoms with E-state index in [1.165, 1.54) is 0 Å². The average molecular weight is 292 g/mol. The molecule has 1 amide bonds. The Labute approximate surface area is 125 Å². The van der Waals surface area contributed by atoms with Crippen molar-refractivity contribution >= 4 is 5.91 Å². The van der Waals surface area contributed by atoms with Gasteiger partial charge in [0.25, 0.3) is 0 Å². The van der Waals surface area contributed by atoms with E-state index in [9.17, 15) is 4.79 Å². The smallest absolute Gasteiger partial charge is 0.241 e. The van der Waals surface area contributed by atoms with Crippen molar-refractivity contribution in [2.75, 3.05) is 39.8 Å². The number of fused-ring (bicyclic) bond motifs is 1. The first-order valence-electron chi connectivity index (χ1n) is 7.70. The number of oxazole rings is 1. The van der Waals surface area contributed by atoms with E-state index in [0.29, 0.717) is 5.92 Å². The molecule has 2 aliphatic rings. The van der Waals surface area contributed by atoms with Crippen LogP contribution in [0.2, 0.25) is 0 Å². The number of piperazine rings is 2. The Morgan fingerprint density at radius 2 is 2.10 bits per heavy atom. The molecule has 3 rings (SSSR count). The van der Waals surface area contributed by atoms with Gasteiger partial charge in [-0.15, -0.1) is 0 Å². The molecule has 2 aliphatic heterocycles. The zero-order chi connectivity index (χ0) is 15.0. The van der Waals surface area contributed by atoms with Gasteiger partial charge in [-0.2, -0.15) is 0 Å². The van der Waals surface area contributed by atoms with E-state index < -0.39 is 0 Å². The molecule has 6 heteroatoms. The van der Waals surface area contributed by atoms with Gasteiger partial charge < -0.3 is 9.32 Å². The molecule has 0 aliphatic carbocycles. The number of hydrogen-bond acceptors (Lipinski definition) is 5. The highest BCUT2D eigenvalue weighted by Gasteiger charge is 2.37. The fraction of sp³-hybridized carbons (Fsp3) is 0.733. The van der Waals surface area contributed by atoms with E-state index in [4.69, 9.17) is 4.42 Å². The molecule has 116 valence electrons. The van der Waals surface area contributed by atoms with Crippen molar-refractivity contribution in [2.24, 2.45) is 0 Å². The second kappa shape index (κ2) is 5.77. The molecule has 0 saturated carbocycles. The van der Waals surface area contributed by atoms with Crippen molar-refractivity contribution in [3.63, 3.8) is 0 Å². The average Bonchev–Trinajstić information content (AvgIpc) is 2.92. The summed E-state index contributed by atoms with van der Waals surface area (Å²) in [5.74, 6) is 1.34. The summed E-state index contributed by atoms with van der Waals surface area (Å²) in [4.78, 5) is 23.3. The van der Waals surface area contributed by atoms with Gasteiger partial charge >= 0.3 is 0 Å². The van der Waals surface area contributed by atoms with Gasteiger partial charge in [-0.3, -0.25) is 14.6 Å². The van der Waals surface area contributed by atoms with Crippen LogP contribution in [0.4, 0.5) is 0 Å². The van der Waals surface area contributed by atoms with Crippen molar-refractivity contribution in [3.05, 3.63) is 17.8 Å². The lowest BCUT2D eigenvalue weighted by Gasteiger charge is -2.45. The normalized spacial score (nSPS) is 24.7. The molecular weight excluding hydrogens is 268 g/mol. The molecule has 21 heavy (non-hydrogen) atoms. The first-order valence-corrected chi connectivity index (χ1v) is 7.70. The molecule has 1 atom stereocenters. The fourth-order valence-corrected chi connectivity index (χ4v) is 3.06. The predicted octanol–water partition coefficient (Wildman–Crippen LogP) is 0.756. The van der Waals surface area contributed by atoms with Gasteiger partial charge in [-0.05, 0) is 0 Å². The summed E-state index contributed by atoms with van der Waals surface area (Å²) in [5.41, 5.74) is 0.962. The Bertz CT molecular complexity index is 514. The number of aromatic nitrogens is 1. The zero-order valence-electron chi connectivity index (χ0n) is 13.1. The Hall–Kier alpha value is -1.40. The quantitative estimate of drug-likeness (QED) is 0.823. The van der Waals surface area contributed by atoms with Crippen molar-refractivity contribution in [1.82, 2.24) is 19.7 Å². The fourth-order valence-electron chi connectivity index (χ4n) is 3.06. The highest BCUT2D eigenvalue weighted by atomic mass is 16.3. The summed E-state index contributed by atoms with van der Waals surface area (Å²) in [7, 11) is 1.89. The molecule has 6 nitrogen and oxygen atoms in total. The number of nitrogens with zero attached hydrogens (tertiary/aromatic N) is 4. The molecule has 0 aromatic carbocycles. The summed E-state index contributed by atoms with van der Waals surface area (Å²) in [6.45, 7) is 9.47. The highest BCUT2D eigenvalue weighted by molar-refractivity contribution is 5.82. The Balaban J connectivity index is 1.63. The topological polar surface area (TPSA) is 52.8 Å². The van der Waals surface area contributed by atoms with Gasteiger partial charge in [0.2, 0.25) is 5.91 Å². The second-order valence-electron chi connectivity index (χ2n) is 6.38. The number of hydrogen-bond donors (Lipinski definition) is 0. The van der Waals surface area contributed by atoms with Gasteiger partial charge in [-0.25, -0.2) is 4.98 Å². The van der Waals surface area contributed by atoms with Gasteiger partial charge in [0.1, 0.15) is 12.3 Å². The van der Waals surface area contributed by atoms with Crippen LogP contribution >= 0.6 is 0 Å². The number of rotatable bonds is 3. The lowest BCUT2D eigenvalue weighted by atomic mass is 10.1. The molecule has 0 bridgehead atoms. The van der Waals surface area contributed by atoms with E-state index in [-0.39, 0.29) is 11.9 Å². The number of likely N-dealkylation sites (N-methyl/N-ethyl adjacent to an activating group) is 1. The molecule has 2 fully saturated rings. The summed E-state index contributed by atoms with van der Waals surface area (Å²) in [6, 6.07) is 0.00831. The Kier molecular flexibility index (Phi) is 3.99. The third kappa shape index (κ3) is 2.96. The molecule has 0 N–H and O–H groups in total. The number of carbonyl (C=O) groups excluding carboxylic acids is 1. The first kappa shape index (κ1) is 14.5. The van der Waals surface area contributed by atoms with Crippen LogP contribution in [0.1, 0.15) is 31.4 Å². The van der Waals surface area contributed by atoms with Crippen molar-refractivity contribution in [3.8, 4) is 0 Å². The van der Waals surface area contributed by atoms with Crippen LogP contribution in [0, 0.1) is 0 Å². The van der Waals surface area contributed by atoms with Gasteiger partial charge in [0.05, 0.1) is 5.69 Å². The van der Waals surface area contributed by atoms with Crippen LogP contribution in [0.15, 0.2) is 10.7 Å². The summed E-state index contributed by atoms with van der Waals surface area (Å²) >= 11 is 0. The van der Waals surface area contributed by atoms with Crippen molar-refractivity contribution < 1.29 is 9.21 Å². The van der Waals surface area contributed by atoms with E-state index in [1.807, 2.05) is 11.9 Å². The SMILES string of the molecule is CC(C)c1nc(CN2CCN3CCN(C)C(=O)C3C2)co1. The molecule has 1 unspecified atom stereocenters. The maximum absolute atomic E-state index is 12.3. The number of carbonyl (C=O) groups is 1. The second-order valence-corrected chi connectivity index (χ2v) is 6.38. The molecule has 0 radical (unpaired) electrons. The van der Waals surface area contributed by atoms with Crippen LogP contribution in [0.25, 0.3) is 0 Å². The van der Waals surface area contributed by atoms with Gasteiger partial charge in [0, 0.05) is 52.2 Å². The minimum absolute atomic E-state index is 0.00831. The summed E-state index contributed by atoms with van der Waals surface area (Å²) in [6.07, 6.45) is 1.75. The van der Waals surface area contributed by atoms with Crippen LogP contribution in [-0.4, -0.2) is 71.4 Å².